The standard InChI is InChI=1S/C9H10N2O2/c1-2-13-9-4-3-7(6-11-9)8(12)5-10/h3-4,6,8,12H,2H2,1H3. The molecule has 1 heterocycles. The van der Waals surface area contributed by atoms with E-state index in [9.17, 15) is 0 Å². The molecule has 0 radical (unpaired) electrons. The highest BCUT2D eigenvalue weighted by Gasteiger charge is 2.05. The van der Waals surface area contributed by atoms with Gasteiger partial charge in [0.15, 0.2) is 6.10 Å². The molecule has 0 amide bonds. The molecule has 0 saturated heterocycles. The van der Waals surface area contributed by atoms with Crippen LogP contribution in [0.15, 0.2) is 18.3 Å². The zero-order valence-corrected chi connectivity index (χ0v) is 7.27. The lowest BCUT2D eigenvalue weighted by Gasteiger charge is -2.03. The first-order valence-electron chi connectivity index (χ1n) is 3.94. The Labute approximate surface area is 76.4 Å². The second-order valence-corrected chi connectivity index (χ2v) is 2.39. The number of rotatable bonds is 3. The van der Waals surface area contributed by atoms with Gasteiger partial charge in [0.25, 0.3) is 0 Å². The van der Waals surface area contributed by atoms with Gasteiger partial charge in [-0.1, -0.05) is 0 Å². The summed E-state index contributed by atoms with van der Waals surface area (Å²) in [7, 11) is 0. The molecule has 0 aliphatic carbocycles. The van der Waals surface area contributed by atoms with E-state index in [4.69, 9.17) is 15.1 Å². The maximum Gasteiger partial charge on any atom is 0.213 e. The lowest BCUT2D eigenvalue weighted by molar-refractivity contribution is 0.235. The largest absolute Gasteiger partial charge is 0.478 e. The molecule has 4 heteroatoms. The number of hydrogen-bond donors (Lipinski definition) is 1. The third kappa shape index (κ3) is 2.42. The van der Waals surface area contributed by atoms with Gasteiger partial charge in [-0.05, 0) is 13.0 Å². The molecule has 0 aliphatic rings. The quantitative estimate of drug-likeness (QED) is 0.702. The van der Waals surface area contributed by atoms with Gasteiger partial charge >= 0.3 is 0 Å². The maximum atomic E-state index is 9.11. The van der Waals surface area contributed by atoms with Crippen LogP contribution in [-0.4, -0.2) is 16.7 Å². The van der Waals surface area contributed by atoms with E-state index in [2.05, 4.69) is 4.98 Å². The molecule has 13 heavy (non-hydrogen) atoms. The number of nitrogens with zero attached hydrogens (tertiary/aromatic N) is 2. The maximum absolute atomic E-state index is 9.11. The number of nitriles is 1. The molecule has 68 valence electrons. The predicted octanol–water partition coefficient (Wildman–Crippen LogP) is 1.04. The second-order valence-electron chi connectivity index (χ2n) is 2.39. The fourth-order valence-electron chi connectivity index (χ4n) is 0.861. The molecular weight excluding hydrogens is 168 g/mol. The van der Waals surface area contributed by atoms with Gasteiger partial charge in [0.1, 0.15) is 0 Å². The van der Waals surface area contributed by atoms with Crippen molar-refractivity contribution in [1.29, 1.82) is 5.26 Å². The van der Waals surface area contributed by atoms with Crippen molar-refractivity contribution in [3.63, 3.8) is 0 Å². The molecule has 0 saturated carbocycles. The number of aliphatic hydroxyl groups is 1. The van der Waals surface area contributed by atoms with Crippen molar-refractivity contribution >= 4 is 0 Å². The van der Waals surface area contributed by atoms with Gasteiger partial charge in [0, 0.05) is 17.8 Å². The van der Waals surface area contributed by atoms with Gasteiger partial charge in [0.05, 0.1) is 12.7 Å². The van der Waals surface area contributed by atoms with E-state index in [1.807, 2.05) is 6.92 Å². The van der Waals surface area contributed by atoms with Crippen LogP contribution in [0.4, 0.5) is 0 Å². The molecule has 1 aromatic rings. The fraction of sp³-hybridized carbons (Fsp3) is 0.333. The third-order valence-electron chi connectivity index (χ3n) is 1.49. The van der Waals surface area contributed by atoms with Crippen molar-refractivity contribution < 1.29 is 9.84 Å². The van der Waals surface area contributed by atoms with Gasteiger partial charge in [-0.2, -0.15) is 5.26 Å². The topological polar surface area (TPSA) is 66.1 Å². The molecular formula is C9H10N2O2. The number of ether oxygens (including phenoxy) is 1. The lowest BCUT2D eigenvalue weighted by atomic mass is 10.2. The number of aromatic nitrogens is 1. The summed E-state index contributed by atoms with van der Waals surface area (Å²) >= 11 is 0. The van der Waals surface area contributed by atoms with Crippen LogP contribution in [0.2, 0.25) is 0 Å². The summed E-state index contributed by atoms with van der Waals surface area (Å²) < 4.78 is 5.10. The van der Waals surface area contributed by atoms with Crippen molar-refractivity contribution in [2.24, 2.45) is 0 Å². The summed E-state index contributed by atoms with van der Waals surface area (Å²) in [6.07, 6.45) is 0.321. The molecule has 1 aromatic heterocycles. The highest BCUT2D eigenvalue weighted by molar-refractivity contribution is 5.22. The van der Waals surface area contributed by atoms with E-state index >= 15 is 0 Å². The summed E-state index contributed by atoms with van der Waals surface area (Å²) in [6.45, 7) is 2.41. The Morgan fingerprint density at radius 1 is 1.69 bits per heavy atom. The van der Waals surface area contributed by atoms with Gasteiger partial charge < -0.3 is 9.84 Å². The van der Waals surface area contributed by atoms with Gasteiger partial charge in [-0.15, -0.1) is 0 Å². The van der Waals surface area contributed by atoms with Crippen molar-refractivity contribution in [3.05, 3.63) is 23.9 Å². The molecule has 1 unspecified atom stereocenters. The van der Waals surface area contributed by atoms with E-state index in [1.54, 1.807) is 18.2 Å². The Morgan fingerprint density at radius 3 is 2.92 bits per heavy atom. The first-order chi connectivity index (χ1) is 6.27. The molecule has 0 spiro atoms. The van der Waals surface area contributed by atoms with Crippen molar-refractivity contribution in [1.82, 2.24) is 4.98 Å². The minimum Gasteiger partial charge on any atom is -0.478 e. The third-order valence-corrected chi connectivity index (χ3v) is 1.49. The van der Waals surface area contributed by atoms with E-state index in [0.717, 1.165) is 0 Å². The Balaban J connectivity index is 2.76. The van der Waals surface area contributed by atoms with Gasteiger partial charge in [-0.25, -0.2) is 4.98 Å². The molecule has 0 fully saturated rings. The molecule has 1 rings (SSSR count). The summed E-state index contributed by atoms with van der Waals surface area (Å²) in [5, 5.41) is 17.5. The van der Waals surface area contributed by atoms with E-state index in [0.29, 0.717) is 18.1 Å². The Bertz CT molecular complexity index is 302. The van der Waals surface area contributed by atoms with Crippen molar-refractivity contribution in [3.8, 4) is 11.9 Å². The summed E-state index contributed by atoms with van der Waals surface area (Å²) in [4.78, 5) is 3.90. The van der Waals surface area contributed by atoms with Crippen molar-refractivity contribution in [2.75, 3.05) is 6.61 Å². The van der Waals surface area contributed by atoms with Crippen LogP contribution in [0, 0.1) is 11.3 Å². The zero-order chi connectivity index (χ0) is 9.68. The minimum atomic E-state index is -1.11. The van der Waals surface area contributed by atoms with E-state index in [1.165, 1.54) is 6.20 Å². The second kappa shape index (κ2) is 4.43. The SMILES string of the molecule is CCOc1ccc(C(O)C#N)cn1. The first-order valence-corrected chi connectivity index (χ1v) is 3.94. The number of pyridine rings is 1. The normalized spacial score (nSPS) is 11.8. The molecule has 0 aromatic carbocycles. The van der Waals surface area contributed by atoms with Gasteiger partial charge in [-0.3, -0.25) is 0 Å². The molecule has 1 N–H and O–H groups in total. The van der Waals surface area contributed by atoms with Crippen LogP contribution in [0.3, 0.4) is 0 Å². The average Bonchev–Trinajstić information content (AvgIpc) is 2.18. The summed E-state index contributed by atoms with van der Waals surface area (Å²) in [6, 6.07) is 4.95. The molecule has 4 nitrogen and oxygen atoms in total. The number of aliphatic hydroxyl groups excluding tert-OH is 1. The van der Waals surface area contributed by atoms with Crippen LogP contribution >= 0.6 is 0 Å². The molecule has 0 bridgehead atoms. The Kier molecular flexibility index (Phi) is 3.23. The lowest BCUT2D eigenvalue weighted by Crippen LogP contribution is -1.97. The Hall–Kier alpha value is -1.60. The van der Waals surface area contributed by atoms with Crippen LogP contribution in [0.25, 0.3) is 0 Å². The first kappa shape index (κ1) is 9.49. The van der Waals surface area contributed by atoms with Gasteiger partial charge in [0.2, 0.25) is 5.88 Å². The fourth-order valence-corrected chi connectivity index (χ4v) is 0.861. The summed E-state index contributed by atoms with van der Waals surface area (Å²) in [5.41, 5.74) is 0.478. The van der Waals surface area contributed by atoms with Crippen LogP contribution in [0.1, 0.15) is 18.6 Å². The predicted molar refractivity (Wildman–Crippen MR) is 46.0 cm³/mol. The van der Waals surface area contributed by atoms with Crippen molar-refractivity contribution in [2.45, 2.75) is 13.0 Å². The smallest absolute Gasteiger partial charge is 0.213 e. The summed E-state index contributed by atoms with van der Waals surface area (Å²) in [5.74, 6) is 0.497. The van der Waals surface area contributed by atoms with Crippen LogP contribution < -0.4 is 4.74 Å². The molecule has 0 aliphatic heterocycles. The highest BCUT2D eigenvalue weighted by atomic mass is 16.5. The van der Waals surface area contributed by atoms with Crippen LogP contribution in [0.5, 0.6) is 5.88 Å². The zero-order valence-electron chi connectivity index (χ0n) is 7.27. The minimum absolute atomic E-state index is 0.478. The Morgan fingerprint density at radius 2 is 2.46 bits per heavy atom. The van der Waals surface area contributed by atoms with Crippen LogP contribution in [-0.2, 0) is 0 Å². The van der Waals surface area contributed by atoms with E-state index in [-0.39, 0.29) is 0 Å². The monoisotopic (exact) mass is 178 g/mol. The van der Waals surface area contributed by atoms with E-state index < -0.39 is 6.10 Å². The average molecular weight is 178 g/mol. The number of hydrogen-bond acceptors (Lipinski definition) is 4. The highest BCUT2D eigenvalue weighted by Crippen LogP contribution is 2.13. The molecule has 1 atom stereocenters.